The van der Waals surface area contributed by atoms with E-state index in [1.807, 2.05) is 6.92 Å². The molecule has 0 saturated heterocycles. The minimum Gasteiger partial charge on any atom is -0.392 e. The normalized spacial score (nSPS) is 21.8. The molecule has 1 nitrogen and oxygen atoms in total. The summed E-state index contributed by atoms with van der Waals surface area (Å²) in [5.41, 5.74) is 1.12. The third-order valence-electron chi connectivity index (χ3n) is 1.92. The second-order valence-corrected chi connectivity index (χ2v) is 2.86. The van der Waals surface area contributed by atoms with Crippen LogP contribution in [0.15, 0.2) is 11.6 Å². The van der Waals surface area contributed by atoms with Crippen LogP contribution >= 0.6 is 0 Å². The highest BCUT2D eigenvalue weighted by atomic mass is 16.3. The smallest absolute Gasteiger partial charge is 0.0639 e. The molecule has 0 heterocycles. The zero-order chi connectivity index (χ0) is 6.69. The van der Waals surface area contributed by atoms with E-state index < -0.39 is 0 Å². The van der Waals surface area contributed by atoms with Crippen molar-refractivity contribution in [2.24, 2.45) is 5.92 Å². The summed E-state index contributed by atoms with van der Waals surface area (Å²) in [6.45, 7) is 2.22. The van der Waals surface area contributed by atoms with Crippen LogP contribution in [0.3, 0.4) is 0 Å². The first-order valence-corrected chi connectivity index (χ1v) is 3.61. The summed E-state index contributed by atoms with van der Waals surface area (Å²) in [5.74, 6) is 0.789. The van der Waals surface area contributed by atoms with Gasteiger partial charge in [0.1, 0.15) is 0 Å². The molecule has 0 bridgehead atoms. The molecule has 0 aliphatic heterocycles. The average Bonchev–Trinajstić information content (AvgIpc) is 1.78. The second kappa shape index (κ2) is 3.02. The van der Waals surface area contributed by atoms with Crippen LogP contribution in [0.2, 0.25) is 0 Å². The monoisotopic (exact) mass is 126 g/mol. The first-order chi connectivity index (χ1) is 4.33. The number of hydrogen-bond acceptors (Lipinski definition) is 1. The molecule has 0 aromatic rings. The van der Waals surface area contributed by atoms with E-state index in [4.69, 9.17) is 5.11 Å². The van der Waals surface area contributed by atoms with Crippen molar-refractivity contribution in [1.82, 2.24) is 0 Å². The Bertz CT molecular complexity index is 112. The fourth-order valence-electron chi connectivity index (χ4n) is 1.06. The third-order valence-corrected chi connectivity index (χ3v) is 1.92. The SMILES string of the molecule is CC(=CC1CCC1)CO. The fraction of sp³-hybridized carbons (Fsp3) is 0.750. The van der Waals surface area contributed by atoms with E-state index in [1.54, 1.807) is 0 Å². The van der Waals surface area contributed by atoms with E-state index in [0.29, 0.717) is 0 Å². The fourth-order valence-corrected chi connectivity index (χ4v) is 1.06. The van der Waals surface area contributed by atoms with Gasteiger partial charge in [0, 0.05) is 0 Å². The van der Waals surface area contributed by atoms with Gasteiger partial charge in [0.25, 0.3) is 0 Å². The van der Waals surface area contributed by atoms with Gasteiger partial charge in [0.2, 0.25) is 0 Å². The van der Waals surface area contributed by atoms with Crippen LogP contribution in [0.25, 0.3) is 0 Å². The van der Waals surface area contributed by atoms with Gasteiger partial charge >= 0.3 is 0 Å². The summed E-state index contributed by atoms with van der Waals surface area (Å²) in [5, 5.41) is 8.63. The summed E-state index contributed by atoms with van der Waals surface area (Å²) in [4.78, 5) is 0. The van der Waals surface area contributed by atoms with Gasteiger partial charge in [-0.05, 0) is 25.7 Å². The van der Waals surface area contributed by atoms with Crippen LogP contribution in [-0.2, 0) is 0 Å². The van der Waals surface area contributed by atoms with Crippen molar-refractivity contribution in [2.45, 2.75) is 26.2 Å². The zero-order valence-corrected chi connectivity index (χ0v) is 5.93. The van der Waals surface area contributed by atoms with Gasteiger partial charge in [-0.2, -0.15) is 0 Å². The molecule has 9 heavy (non-hydrogen) atoms. The standard InChI is InChI=1S/C8H14O/c1-7(6-9)5-8-3-2-4-8/h5,8-9H,2-4,6H2,1H3. The number of allylic oxidation sites excluding steroid dienone is 1. The first kappa shape index (κ1) is 6.81. The Morgan fingerprint density at radius 2 is 2.33 bits per heavy atom. The van der Waals surface area contributed by atoms with E-state index in [2.05, 4.69) is 6.08 Å². The quantitative estimate of drug-likeness (QED) is 0.558. The summed E-state index contributed by atoms with van der Waals surface area (Å²) in [6, 6.07) is 0. The predicted octanol–water partition coefficient (Wildman–Crippen LogP) is 1.73. The van der Waals surface area contributed by atoms with E-state index in [-0.39, 0.29) is 6.61 Å². The Labute approximate surface area is 56.4 Å². The maximum Gasteiger partial charge on any atom is 0.0639 e. The summed E-state index contributed by atoms with van der Waals surface area (Å²) in [6.07, 6.45) is 6.23. The van der Waals surface area contributed by atoms with E-state index in [0.717, 1.165) is 11.5 Å². The Morgan fingerprint density at radius 1 is 1.67 bits per heavy atom. The third kappa shape index (κ3) is 1.83. The van der Waals surface area contributed by atoms with Crippen molar-refractivity contribution < 1.29 is 5.11 Å². The highest BCUT2D eigenvalue weighted by molar-refractivity contribution is 5.03. The van der Waals surface area contributed by atoms with Gasteiger partial charge in [0.15, 0.2) is 0 Å². The maximum atomic E-state index is 8.63. The summed E-state index contributed by atoms with van der Waals surface area (Å²) in [7, 11) is 0. The van der Waals surface area contributed by atoms with Crippen LogP contribution in [0.1, 0.15) is 26.2 Å². The molecule has 0 spiro atoms. The molecule has 0 radical (unpaired) electrons. The Morgan fingerprint density at radius 3 is 2.67 bits per heavy atom. The molecule has 0 amide bonds. The molecule has 0 atom stereocenters. The van der Waals surface area contributed by atoms with Crippen molar-refractivity contribution in [2.75, 3.05) is 6.61 Å². The lowest BCUT2D eigenvalue weighted by atomic mass is 9.84. The van der Waals surface area contributed by atoms with E-state index in [1.165, 1.54) is 19.3 Å². The summed E-state index contributed by atoms with van der Waals surface area (Å²) < 4.78 is 0. The molecular formula is C8H14O. The Kier molecular flexibility index (Phi) is 2.29. The molecule has 0 aromatic carbocycles. The van der Waals surface area contributed by atoms with Gasteiger partial charge in [-0.25, -0.2) is 0 Å². The Balaban J connectivity index is 2.27. The lowest BCUT2D eigenvalue weighted by Crippen LogP contribution is -2.08. The molecule has 1 rings (SSSR count). The molecule has 0 unspecified atom stereocenters. The van der Waals surface area contributed by atoms with Crippen LogP contribution in [0.5, 0.6) is 0 Å². The van der Waals surface area contributed by atoms with Crippen LogP contribution in [0, 0.1) is 5.92 Å². The summed E-state index contributed by atoms with van der Waals surface area (Å²) >= 11 is 0. The minimum absolute atomic E-state index is 0.233. The van der Waals surface area contributed by atoms with Gasteiger partial charge in [-0.15, -0.1) is 0 Å². The predicted molar refractivity (Wildman–Crippen MR) is 38.2 cm³/mol. The highest BCUT2D eigenvalue weighted by Gasteiger charge is 2.13. The lowest BCUT2D eigenvalue weighted by Gasteiger charge is -2.22. The molecule has 1 N–H and O–H groups in total. The second-order valence-electron chi connectivity index (χ2n) is 2.86. The van der Waals surface area contributed by atoms with Crippen molar-refractivity contribution in [1.29, 1.82) is 0 Å². The van der Waals surface area contributed by atoms with Gasteiger partial charge in [0.05, 0.1) is 6.61 Å². The molecule has 0 aromatic heterocycles. The molecular weight excluding hydrogens is 112 g/mol. The van der Waals surface area contributed by atoms with Crippen molar-refractivity contribution in [3.05, 3.63) is 11.6 Å². The maximum absolute atomic E-state index is 8.63. The van der Waals surface area contributed by atoms with Crippen molar-refractivity contribution in [3.63, 3.8) is 0 Å². The van der Waals surface area contributed by atoms with Gasteiger partial charge in [-0.3, -0.25) is 0 Å². The number of rotatable bonds is 2. The van der Waals surface area contributed by atoms with Crippen LogP contribution in [0.4, 0.5) is 0 Å². The zero-order valence-electron chi connectivity index (χ0n) is 5.93. The molecule has 52 valence electrons. The highest BCUT2D eigenvalue weighted by Crippen LogP contribution is 2.28. The topological polar surface area (TPSA) is 20.2 Å². The van der Waals surface area contributed by atoms with E-state index in [9.17, 15) is 0 Å². The van der Waals surface area contributed by atoms with Gasteiger partial charge < -0.3 is 5.11 Å². The average molecular weight is 126 g/mol. The molecule has 1 fully saturated rings. The Hall–Kier alpha value is -0.300. The van der Waals surface area contributed by atoms with Crippen molar-refractivity contribution in [3.8, 4) is 0 Å². The lowest BCUT2D eigenvalue weighted by molar-refractivity contribution is 0.324. The van der Waals surface area contributed by atoms with E-state index >= 15 is 0 Å². The van der Waals surface area contributed by atoms with Crippen molar-refractivity contribution >= 4 is 0 Å². The molecule has 1 saturated carbocycles. The molecule has 1 heteroatoms. The first-order valence-electron chi connectivity index (χ1n) is 3.61. The number of hydrogen-bond donors (Lipinski definition) is 1. The van der Waals surface area contributed by atoms with Crippen LogP contribution < -0.4 is 0 Å². The van der Waals surface area contributed by atoms with Gasteiger partial charge in [-0.1, -0.05) is 18.1 Å². The largest absolute Gasteiger partial charge is 0.392 e. The number of aliphatic hydroxyl groups excluding tert-OH is 1. The molecule has 1 aliphatic carbocycles. The number of aliphatic hydroxyl groups is 1. The van der Waals surface area contributed by atoms with Crippen LogP contribution in [-0.4, -0.2) is 11.7 Å². The molecule has 1 aliphatic rings. The minimum atomic E-state index is 0.233.